The van der Waals surface area contributed by atoms with Crippen LogP contribution in [0.1, 0.15) is 400 Å². The molecule has 0 radical (unpaired) electrons. The van der Waals surface area contributed by atoms with Crippen molar-refractivity contribution in [2.75, 3.05) is 13.2 Å². The lowest BCUT2D eigenvalue weighted by Gasteiger charge is -2.18. The van der Waals surface area contributed by atoms with Gasteiger partial charge in [0.2, 0.25) is 0 Å². The van der Waals surface area contributed by atoms with Crippen molar-refractivity contribution < 1.29 is 28.6 Å². The van der Waals surface area contributed by atoms with Crippen LogP contribution in [0.4, 0.5) is 0 Å². The predicted octanol–water partition coefficient (Wildman–Crippen LogP) is 24.7. The molecule has 1 unspecified atom stereocenters. The van der Waals surface area contributed by atoms with Crippen LogP contribution in [0.15, 0.2) is 36.5 Å². The average Bonchev–Trinajstić information content (AvgIpc) is 3.46. The lowest BCUT2D eigenvalue weighted by molar-refractivity contribution is -0.167. The van der Waals surface area contributed by atoms with Crippen LogP contribution in [0, 0.1) is 0 Å². The number of allylic oxidation sites excluding steroid dienone is 6. The highest BCUT2D eigenvalue weighted by molar-refractivity contribution is 5.71. The molecule has 1 atom stereocenters. The predicted molar refractivity (Wildman–Crippen MR) is 349 cm³/mol. The highest BCUT2D eigenvalue weighted by Gasteiger charge is 2.19. The standard InChI is InChI=1S/C74H138O6/c1-4-7-10-13-16-18-20-22-24-26-28-30-32-33-34-35-36-37-38-39-40-41-43-44-46-48-50-52-54-56-58-61-64-67-73(76)79-70-71(69-78-72(75)66-63-60-15-12-9-6-3)80-74(77)68-65-62-59-57-55-53-51-49-47-45-42-31-29-27-25-23-21-19-17-14-11-8-5-2/h20,22,26-29,71H,4-19,21,23-25,30-70H2,1-3H3/b22-20-,28-26-,29-27-. The highest BCUT2D eigenvalue weighted by Crippen LogP contribution is 2.18. The van der Waals surface area contributed by atoms with Crippen LogP contribution in [-0.2, 0) is 28.6 Å². The van der Waals surface area contributed by atoms with Crippen molar-refractivity contribution in [1.82, 2.24) is 0 Å². The second-order valence-corrected chi connectivity index (χ2v) is 24.5. The smallest absolute Gasteiger partial charge is 0.306 e. The van der Waals surface area contributed by atoms with E-state index in [4.69, 9.17) is 14.2 Å². The number of rotatable bonds is 67. The molecule has 0 rings (SSSR count). The van der Waals surface area contributed by atoms with Gasteiger partial charge in [-0.1, -0.05) is 340 Å². The Hall–Kier alpha value is -2.37. The van der Waals surface area contributed by atoms with Gasteiger partial charge in [0.15, 0.2) is 6.10 Å². The van der Waals surface area contributed by atoms with Crippen molar-refractivity contribution in [3.63, 3.8) is 0 Å². The summed E-state index contributed by atoms with van der Waals surface area (Å²) in [6.45, 7) is 6.64. The molecule has 0 aliphatic carbocycles. The molecule has 0 spiro atoms. The Morgan fingerprint density at radius 2 is 0.450 bits per heavy atom. The first-order chi connectivity index (χ1) is 39.5. The summed E-state index contributed by atoms with van der Waals surface area (Å²) >= 11 is 0. The molecule has 0 aliphatic heterocycles. The fourth-order valence-electron chi connectivity index (χ4n) is 10.9. The van der Waals surface area contributed by atoms with Crippen LogP contribution in [-0.4, -0.2) is 37.2 Å². The van der Waals surface area contributed by atoms with Crippen molar-refractivity contribution in [2.45, 2.75) is 406 Å². The lowest BCUT2D eigenvalue weighted by Crippen LogP contribution is -2.30. The Balaban J connectivity index is 3.94. The van der Waals surface area contributed by atoms with Gasteiger partial charge in [-0.3, -0.25) is 14.4 Å². The zero-order valence-corrected chi connectivity index (χ0v) is 54.1. The molecule has 0 saturated carbocycles. The summed E-state index contributed by atoms with van der Waals surface area (Å²) in [6.07, 6.45) is 86.6. The normalized spacial score (nSPS) is 12.2. The summed E-state index contributed by atoms with van der Waals surface area (Å²) in [5, 5.41) is 0. The van der Waals surface area contributed by atoms with Crippen molar-refractivity contribution in [1.29, 1.82) is 0 Å². The molecule has 0 N–H and O–H groups in total. The van der Waals surface area contributed by atoms with E-state index in [1.54, 1.807) is 0 Å². The minimum absolute atomic E-state index is 0.0669. The molecule has 0 amide bonds. The first kappa shape index (κ1) is 77.6. The minimum Gasteiger partial charge on any atom is -0.462 e. The largest absolute Gasteiger partial charge is 0.462 e. The maximum absolute atomic E-state index is 12.9. The Bertz CT molecular complexity index is 1340. The molecule has 0 aliphatic rings. The average molecular weight is 1120 g/mol. The topological polar surface area (TPSA) is 78.9 Å². The lowest BCUT2D eigenvalue weighted by atomic mass is 10.0. The van der Waals surface area contributed by atoms with Crippen LogP contribution in [0.5, 0.6) is 0 Å². The molecule has 470 valence electrons. The summed E-state index contributed by atoms with van der Waals surface area (Å²) in [7, 11) is 0. The van der Waals surface area contributed by atoms with E-state index in [1.807, 2.05) is 0 Å². The van der Waals surface area contributed by atoms with Crippen molar-refractivity contribution in [3.05, 3.63) is 36.5 Å². The van der Waals surface area contributed by atoms with E-state index >= 15 is 0 Å². The van der Waals surface area contributed by atoms with Gasteiger partial charge < -0.3 is 14.2 Å². The van der Waals surface area contributed by atoms with E-state index in [1.165, 1.54) is 295 Å². The molecule has 0 bridgehead atoms. The fourth-order valence-corrected chi connectivity index (χ4v) is 10.9. The van der Waals surface area contributed by atoms with E-state index in [2.05, 4.69) is 57.2 Å². The summed E-state index contributed by atoms with van der Waals surface area (Å²) < 4.78 is 16.9. The van der Waals surface area contributed by atoms with Crippen molar-refractivity contribution in [2.24, 2.45) is 0 Å². The van der Waals surface area contributed by atoms with Gasteiger partial charge >= 0.3 is 17.9 Å². The third-order valence-electron chi connectivity index (χ3n) is 16.4. The van der Waals surface area contributed by atoms with E-state index in [9.17, 15) is 14.4 Å². The quantitative estimate of drug-likeness (QED) is 0.0261. The molecule has 0 fully saturated rings. The van der Waals surface area contributed by atoms with Gasteiger partial charge in [-0.25, -0.2) is 0 Å². The molecule has 80 heavy (non-hydrogen) atoms. The maximum atomic E-state index is 12.9. The number of carbonyl (C=O) groups is 3. The molecular weight excluding hydrogens is 985 g/mol. The third kappa shape index (κ3) is 66.4. The van der Waals surface area contributed by atoms with Gasteiger partial charge in [-0.15, -0.1) is 0 Å². The number of carbonyl (C=O) groups excluding carboxylic acids is 3. The molecule has 6 nitrogen and oxygen atoms in total. The van der Waals surface area contributed by atoms with Crippen molar-refractivity contribution in [3.8, 4) is 0 Å². The highest BCUT2D eigenvalue weighted by atomic mass is 16.6. The molecule has 0 aromatic carbocycles. The zero-order valence-electron chi connectivity index (χ0n) is 54.1. The van der Waals surface area contributed by atoms with E-state index < -0.39 is 6.10 Å². The maximum Gasteiger partial charge on any atom is 0.306 e. The van der Waals surface area contributed by atoms with Crippen LogP contribution >= 0.6 is 0 Å². The Morgan fingerprint density at radius 1 is 0.250 bits per heavy atom. The van der Waals surface area contributed by atoms with E-state index in [0.29, 0.717) is 19.3 Å². The molecule has 6 heteroatoms. The van der Waals surface area contributed by atoms with Gasteiger partial charge in [-0.2, -0.15) is 0 Å². The minimum atomic E-state index is -0.767. The number of unbranched alkanes of at least 4 members (excludes halogenated alkanes) is 50. The monoisotopic (exact) mass is 1120 g/mol. The number of esters is 3. The van der Waals surface area contributed by atoms with Crippen molar-refractivity contribution >= 4 is 17.9 Å². The summed E-state index contributed by atoms with van der Waals surface area (Å²) in [5.74, 6) is -0.851. The second kappa shape index (κ2) is 69.1. The third-order valence-corrected chi connectivity index (χ3v) is 16.4. The second-order valence-electron chi connectivity index (χ2n) is 24.5. The molecular formula is C74H138O6. The Kier molecular flexibility index (Phi) is 67.1. The van der Waals surface area contributed by atoms with Gasteiger partial charge in [-0.05, 0) is 77.0 Å². The van der Waals surface area contributed by atoms with Crippen LogP contribution in [0.2, 0.25) is 0 Å². The first-order valence-corrected chi connectivity index (χ1v) is 36.0. The molecule has 0 heterocycles. The SMILES string of the molecule is CCCCCCC/C=C\C/C=C\CCCCCCCCCCCCCCCCCCCCCCCC(=O)OCC(COC(=O)CCCCCCCC)OC(=O)CCCCCCCCCCCCC/C=C\CCCCCCCCCC. The van der Waals surface area contributed by atoms with Crippen LogP contribution < -0.4 is 0 Å². The fraction of sp³-hybridized carbons (Fsp3) is 0.878. The first-order valence-electron chi connectivity index (χ1n) is 36.0. The van der Waals surface area contributed by atoms with Gasteiger partial charge in [0.25, 0.3) is 0 Å². The van der Waals surface area contributed by atoms with Crippen LogP contribution in [0.25, 0.3) is 0 Å². The van der Waals surface area contributed by atoms with Gasteiger partial charge in [0.1, 0.15) is 13.2 Å². The zero-order chi connectivity index (χ0) is 57.8. The van der Waals surface area contributed by atoms with E-state index in [-0.39, 0.29) is 31.1 Å². The Morgan fingerprint density at radius 3 is 0.700 bits per heavy atom. The van der Waals surface area contributed by atoms with Gasteiger partial charge in [0, 0.05) is 19.3 Å². The summed E-state index contributed by atoms with van der Waals surface area (Å²) in [4.78, 5) is 38.1. The summed E-state index contributed by atoms with van der Waals surface area (Å²) in [6, 6.07) is 0. The van der Waals surface area contributed by atoms with E-state index in [0.717, 1.165) is 64.2 Å². The van der Waals surface area contributed by atoms with Gasteiger partial charge in [0.05, 0.1) is 0 Å². The van der Waals surface area contributed by atoms with Crippen LogP contribution in [0.3, 0.4) is 0 Å². The molecule has 0 saturated heterocycles. The number of hydrogen-bond donors (Lipinski definition) is 0. The number of ether oxygens (including phenoxy) is 3. The molecule has 0 aromatic rings. The Labute approximate surface area is 499 Å². The molecule has 0 aromatic heterocycles. The number of hydrogen-bond acceptors (Lipinski definition) is 6. The summed E-state index contributed by atoms with van der Waals surface area (Å²) in [5.41, 5.74) is 0.